The molecular formula is C14H26O6. The summed E-state index contributed by atoms with van der Waals surface area (Å²) in [7, 11) is 0. The molecule has 0 saturated heterocycles. The summed E-state index contributed by atoms with van der Waals surface area (Å²) < 4.78 is 0. The van der Waals surface area contributed by atoms with Crippen LogP contribution < -0.4 is 0 Å². The predicted octanol–water partition coefficient (Wildman–Crippen LogP) is -0.484. The summed E-state index contributed by atoms with van der Waals surface area (Å²) in [5.74, 6) is 0. The van der Waals surface area contributed by atoms with Gasteiger partial charge in [0.15, 0.2) is 0 Å². The molecule has 0 bridgehead atoms. The van der Waals surface area contributed by atoms with Gasteiger partial charge in [0.2, 0.25) is 0 Å². The minimum atomic E-state index is -1.03. The Morgan fingerprint density at radius 2 is 1.40 bits per heavy atom. The van der Waals surface area contributed by atoms with E-state index in [1.165, 1.54) is 12.2 Å². The van der Waals surface area contributed by atoms with Gasteiger partial charge in [-0.3, -0.25) is 4.79 Å². The fourth-order valence-corrected chi connectivity index (χ4v) is 1.92. The van der Waals surface area contributed by atoms with Crippen LogP contribution in [0.2, 0.25) is 0 Å². The lowest BCUT2D eigenvalue weighted by Gasteiger charge is -2.22. The third-order valence-electron chi connectivity index (χ3n) is 3.09. The molecule has 0 spiro atoms. The van der Waals surface area contributed by atoms with Crippen molar-refractivity contribution >= 4 is 6.29 Å². The van der Waals surface area contributed by atoms with Gasteiger partial charge in [0.05, 0.1) is 30.5 Å². The highest BCUT2D eigenvalue weighted by atomic mass is 16.3. The number of carbonyl (C=O) groups excluding carboxylic acids is 1. The molecule has 0 aromatic rings. The molecule has 0 aliphatic carbocycles. The molecule has 0 aromatic carbocycles. The smallest absolute Gasteiger partial charge is 0.142 e. The van der Waals surface area contributed by atoms with E-state index in [1.807, 2.05) is 0 Å². The van der Waals surface area contributed by atoms with Crippen molar-refractivity contribution in [3.63, 3.8) is 0 Å². The Bertz CT molecular complexity index is 281. The van der Waals surface area contributed by atoms with Gasteiger partial charge in [-0.05, 0) is 31.8 Å². The lowest BCUT2D eigenvalue weighted by Crippen LogP contribution is -2.31. The summed E-state index contributed by atoms with van der Waals surface area (Å²) in [6, 6.07) is 0. The molecule has 6 heteroatoms. The van der Waals surface area contributed by atoms with Crippen molar-refractivity contribution in [2.24, 2.45) is 0 Å². The van der Waals surface area contributed by atoms with Crippen LogP contribution in [-0.2, 0) is 4.79 Å². The van der Waals surface area contributed by atoms with Crippen molar-refractivity contribution in [1.29, 1.82) is 0 Å². The second-order valence-corrected chi connectivity index (χ2v) is 5.01. The molecule has 0 radical (unpaired) electrons. The zero-order chi connectivity index (χ0) is 15.5. The maximum absolute atomic E-state index is 10.0. The average Bonchev–Trinajstić information content (AvgIpc) is 2.37. The van der Waals surface area contributed by atoms with Crippen LogP contribution in [-0.4, -0.2) is 62.3 Å². The standard InChI is InChI=1S/C14H26O6/c1-2-13(19)14(20)9-12(18)8-11(17)7-10(16)5-3-4-6-15/h3-4,6,10-14,16-20H,2,5,7-9H2,1H3. The number of aliphatic hydroxyl groups excluding tert-OH is 5. The fourth-order valence-electron chi connectivity index (χ4n) is 1.92. The van der Waals surface area contributed by atoms with E-state index in [0.29, 0.717) is 12.7 Å². The van der Waals surface area contributed by atoms with Gasteiger partial charge in [0.25, 0.3) is 0 Å². The Hall–Kier alpha value is -0.790. The zero-order valence-electron chi connectivity index (χ0n) is 11.8. The molecular weight excluding hydrogens is 264 g/mol. The van der Waals surface area contributed by atoms with Crippen LogP contribution in [0.25, 0.3) is 0 Å². The highest BCUT2D eigenvalue weighted by Gasteiger charge is 2.21. The van der Waals surface area contributed by atoms with Crippen molar-refractivity contribution in [2.45, 2.75) is 69.5 Å². The quantitative estimate of drug-likeness (QED) is 0.259. The third-order valence-corrected chi connectivity index (χ3v) is 3.09. The fraction of sp³-hybridized carbons (Fsp3) is 0.786. The molecule has 5 atom stereocenters. The van der Waals surface area contributed by atoms with Crippen LogP contribution in [0.3, 0.4) is 0 Å². The number of hydrogen-bond donors (Lipinski definition) is 5. The lowest BCUT2D eigenvalue weighted by molar-refractivity contribution is -0.104. The van der Waals surface area contributed by atoms with Gasteiger partial charge in [-0.1, -0.05) is 13.0 Å². The summed E-state index contributed by atoms with van der Waals surface area (Å²) in [5.41, 5.74) is 0. The highest BCUT2D eigenvalue weighted by molar-refractivity contribution is 5.64. The average molecular weight is 290 g/mol. The number of aliphatic hydroxyl groups is 5. The van der Waals surface area contributed by atoms with E-state index in [0.717, 1.165) is 0 Å². The molecule has 0 aromatic heterocycles. The van der Waals surface area contributed by atoms with Crippen LogP contribution >= 0.6 is 0 Å². The van der Waals surface area contributed by atoms with E-state index in [2.05, 4.69) is 0 Å². The van der Waals surface area contributed by atoms with Crippen molar-refractivity contribution < 1.29 is 30.3 Å². The number of hydrogen-bond acceptors (Lipinski definition) is 6. The van der Waals surface area contributed by atoms with E-state index >= 15 is 0 Å². The number of aldehydes is 1. The number of rotatable bonds is 11. The Kier molecular flexibility index (Phi) is 10.5. The van der Waals surface area contributed by atoms with Gasteiger partial charge < -0.3 is 25.5 Å². The number of allylic oxidation sites excluding steroid dienone is 1. The Balaban J connectivity index is 3.97. The summed E-state index contributed by atoms with van der Waals surface area (Å²) >= 11 is 0. The molecule has 0 aliphatic heterocycles. The largest absolute Gasteiger partial charge is 0.393 e. The summed E-state index contributed by atoms with van der Waals surface area (Å²) in [6.45, 7) is 1.72. The molecule has 5 N–H and O–H groups in total. The third kappa shape index (κ3) is 9.17. The highest BCUT2D eigenvalue weighted by Crippen LogP contribution is 2.14. The molecule has 6 nitrogen and oxygen atoms in total. The predicted molar refractivity (Wildman–Crippen MR) is 74.0 cm³/mol. The minimum absolute atomic E-state index is 0.0158. The second kappa shape index (κ2) is 10.9. The van der Waals surface area contributed by atoms with Gasteiger partial charge in [-0.2, -0.15) is 0 Å². The van der Waals surface area contributed by atoms with Crippen LogP contribution in [0.1, 0.15) is 39.0 Å². The zero-order valence-corrected chi connectivity index (χ0v) is 11.8. The van der Waals surface area contributed by atoms with Crippen molar-refractivity contribution in [3.8, 4) is 0 Å². The maximum atomic E-state index is 10.0. The van der Waals surface area contributed by atoms with E-state index in [9.17, 15) is 30.3 Å². The van der Waals surface area contributed by atoms with Crippen molar-refractivity contribution in [3.05, 3.63) is 12.2 Å². The Morgan fingerprint density at radius 1 is 0.850 bits per heavy atom. The van der Waals surface area contributed by atoms with Crippen LogP contribution in [0.5, 0.6) is 0 Å². The van der Waals surface area contributed by atoms with Gasteiger partial charge in [0.1, 0.15) is 6.29 Å². The maximum Gasteiger partial charge on any atom is 0.142 e. The normalized spacial score (nSPS) is 19.5. The van der Waals surface area contributed by atoms with E-state index < -0.39 is 30.5 Å². The second-order valence-electron chi connectivity index (χ2n) is 5.01. The molecule has 0 heterocycles. The molecule has 20 heavy (non-hydrogen) atoms. The van der Waals surface area contributed by atoms with Crippen LogP contribution in [0.15, 0.2) is 12.2 Å². The molecule has 0 rings (SSSR count). The minimum Gasteiger partial charge on any atom is -0.393 e. The van der Waals surface area contributed by atoms with Gasteiger partial charge in [0, 0.05) is 6.42 Å². The summed E-state index contributed by atoms with van der Waals surface area (Å²) in [5, 5.41) is 47.9. The molecule has 5 unspecified atom stereocenters. The molecule has 0 fully saturated rings. The van der Waals surface area contributed by atoms with E-state index in [-0.39, 0.29) is 25.7 Å². The molecule has 118 valence electrons. The van der Waals surface area contributed by atoms with Crippen LogP contribution in [0.4, 0.5) is 0 Å². The topological polar surface area (TPSA) is 118 Å². The van der Waals surface area contributed by atoms with E-state index in [1.54, 1.807) is 6.92 Å². The first kappa shape index (κ1) is 19.2. The van der Waals surface area contributed by atoms with Gasteiger partial charge in [-0.25, -0.2) is 0 Å². The molecule has 0 aliphatic rings. The van der Waals surface area contributed by atoms with Gasteiger partial charge >= 0.3 is 0 Å². The summed E-state index contributed by atoms with van der Waals surface area (Å²) in [6.07, 6.45) is -0.469. The summed E-state index contributed by atoms with van der Waals surface area (Å²) in [4.78, 5) is 10.0. The lowest BCUT2D eigenvalue weighted by atomic mass is 9.98. The first-order valence-corrected chi connectivity index (χ1v) is 6.91. The van der Waals surface area contributed by atoms with Crippen molar-refractivity contribution in [2.75, 3.05) is 0 Å². The van der Waals surface area contributed by atoms with E-state index in [4.69, 9.17) is 0 Å². The SMILES string of the molecule is CCC(O)C(O)CC(O)CC(O)CC(O)CC=CC=O. The molecule has 0 amide bonds. The molecule has 0 saturated carbocycles. The Labute approximate surface area is 119 Å². The first-order valence-electron chi connectivity index (χ1n) is 6.91. The van der Waals surface area contributed by atoms with Crippen LogP contribution in [0, 0.1) is 0 Å². The Morgan fingerprint density at radius 3 is 1.95 bits per heavy atom. The van der Waals surface area contributed by atoms with Crippen molar-refractivity contribution in [1.82, 2.24) is 0 Å². The van der Waals surface area contributed by atoms with Gasteiger partial charge in [-0.15, -0.1) is 0 Å². The first-order chi connectivity index (χ1) is 9.40. The number of carbonyl (C=O) groups is 1. The monoisotopic (exact) mass is 290 g/mol.